The molecule has 3 aromatic rings. The number of nitrogens with one attached hydrogen (secondary N) is 1. The van der Waals surface area contributed by atoms with Crippen LogP contribution in [0.5, 0.6) is 11.5 Å². The van der Waals surface area contributed by atoms with Gasteiger partial charge in [0.15, 0.2) is 11.5 Å². The summed E-state index contributed by atoms with van der Waals surface area (Å²) in [6, 6.07) is 7.32. The lowest BCUT2D eigenvalue weighted by Crippen LogP contribution is -2.50. The Morgan fingerprint density at radius 3 is 2.55 bits per heavy atom. The molecule has 3 aliphatic rings. The lowest BCUT2D eigenvalue weighted by atomic mass is 10.1. The smallest absolute Gasteiger partial charge is 0.272 e. The Morgan fingerprint density at radius 2 is 1.70 bits per heavy atom. The van der Waals surface area contributed by atoms with E-state index in [0.717, 1.165) is 37.1 Å². The van der Waals surface area contributed by atoms with Gasteiger partial charge in [-0.1, -0.05) is 0 Å². The molecule has 0 unspecified atom stereocenters. The van der Waals surface area contributed by atoms with Crippen LogP contribution >= 0.6 is 0 Å². The fraction of sp³-hybridized carbons (Fsp3) is 0.391. The van der Waals surface area contributed by atoms with Crippen LogP contribution in [0.1, 0.15) is 39.4 Å². The van der Waals surface area contributed by atoms with Gasteiger partial charge in [-0.15, -0.1) is 0 Å². The number of aromatic nitrogens is 4. The lowest BCUT2D eigenvalue weighted by Gasteiger charge is -2.34. The molecule has 2 amide bonds. The number of aryl methyl sites for hydroxylation is 1. The molecule has 0 radical (unpaired) electrons. The Kier molecular flexibility index (Phi) is 4.78. The van der Waals surface area contributed by atoms with Gasteiger partial charge in [-0.2, -0.15) is 10.2 Å². The highest BCUT2D eigenvalue weighted by atomic mass is 16.7. The van der Waals surface area contributed by atoms with Crippen LogP contribution in [0, 0.1) is 0 Å². The number of rotatable bonds is 3. The number of hydrogen-bond donors (Lipinski definition) is 1. The third kappa shape index (κ3) is 3.51. The van der Waals surface area contributed by atoms with Crippen LogP contribution in [0.4, 0.5) is 0 Å². The third-order valence-corrected chi connectivity index (χ3v) is 6.54. The molecule has 1 fully saturated rings. The minimum absolute atomic E-state index is 0.0110. The molecule has 170 valence electrons. The minimum Gasteiger partial charge on any atom is -0.454 e. The van der Waals surface area contributed by atoms with Crippen LogP contribution in [0.3, 0.4) is 0 Å². The van der Waals surface area contributed by atoms with E-state index >= 15 is 0 Å². The molecule has 1 saturated heterocycles. The molecule has 10 nitrogen and oxygen atoms in total. The van der Waals surface area contributed by atoms with Crippen molar-refractivity contribution in [2.45, 2.75) is 25.8 Å². The number of ether oxygens (including phenoxy) is 2. The summed E-state index contributed by atoms with van der Waals surface area (Å²) in [7, 11) is 0. The molecule has 1 N–H and O–H groups in total. The summed E-state index contributed by atoms with van der Waals surface area (Å²) >= 11 is 0. The standard InChI is InChI=1S/C23H24N6O4/c30-22(16-13-24-29-6-2-1-3-19(16)29)27-7-9-28(10-8-27)23(31)18-12-17(25-26-18)15-4-5-20-21(11-15)33-14-32-20/h4-5,11-13H,1-3,6-10,14H2,(H,25,26). The third-order valence-electron chi connectivity index (χ3n) is 6.54. The second-order valence-corrected chi connectivity index (χ2v) is 8.50. The fourth-order valence-corrected chi connectivity index (χ4v) is 4.69. The van der Waals surface area contributed by atoms with E-state index in [-0.39, 0.29) is 18.6 Å². The monoisotopic (exact) mass is 448 g/mol. The minimum atomic E-state index is -0.121. The first kappa shape index (κ1) is 19.8. The van der Waals surface area contributed by atoms with Crippen molar-refractivity contribution in [3.63, 3.8) is 0 Å². The number of nitrogens with zero attached hydrogens (tertiary/aromatic N) is 5. The first-order valence-electron chi connectivity index (χ1n) is 11.3. The van der Waals surface area contributed by atoms with Crippen molar-refractivity contribution in [1.82, 2.24) is 29.8 Å². The number of hydrogen-bond acceptors (Lipinski definition) is 6. The first-order chi connectivity index (χ1) is 16.2. The number of aromatic amines is 1. The predicted octanol–water partition coefficient (Wildman–Crippen LogP) is 1.94. The van der Waals surface area contributed by atoms with Gasteiger partial charge < -0.3 is 19.3 Å². The zero-order valence-corrected chi connectivity index (χ0v) is 18.1. The van der Waals surface area contributed by atoms with E-state index in [1.165, 1.54) is 0 Å². The van der Waals surface area contributed by atoms with Crippen LogP contribution in [-0.4, -0.2) is 74.6 Å². The van der Waals surface area contributed by atoms with Gasteiger partial charge in [-0.3, -0.25) is 19.4 Å². The van der Waals surface area contributed by atoms with Crippen LogP contribution in [0.2, 0.25) is 0 Å². The number of carbonyl (C=O) groups is 2. The summed E-state index contributed by atoms with van der Waals surface area (Å²) < 4.78 is 12.7. The van der Waals surface area contributed by atoms with E-state index in [1.54, 1.807) is 17.2 Å². The SMILES string of the molecule is O=C(c1cc(-c2ccc3c(c2)OCO3)n[nH]1)N1CCN(C(=O)c2cnn3c2CCCC3)CC1. The van der Waals surface area contributed by atoms with Crippen molar-refractivity contribution in [1.29, 1.82) is 0 Å². The maximum Gasteiger partial charge on any atom is 0.272 e. The summed E-state index contributed by atoms with van der Waals surface area (Å²) in [6.07, 6.45) is 4.79. The summed E-state index contributed by atoms with van der Waals surface area (Å²) in [5, 5.41) is 11.5. The van der Waals surface area contributed by atoms with E-state index in [1.807, 2.05) is 27.8 Å². The second-order valence-electron chi connectivity index (χ2n) is 8.50. The van der Waals surface area contributed by atoms with Crippen molar-refractivity contribution in [2.24, 2.45) is 0 Å². The van der Waals surface area contributed by atoms with E-state index in [2.05, 4.69) is 15.3 Å². The predicted molar refractivity (Wildman–Crippen MR) is 117 cm³/mol. The van der Waals surface area contributed by atoms with Crippen molar-refractivity contribution >= 4 is 11.8 Å². The van der Waals surface area contributed by atoms with E-state index in [9.17, 15) is 9.59 Å². The van der Waals surface area contributed by atoms with Gasteiger partial charge >= 0.3 is 0 Å². The number of piperazine rings is 1. The quantitative estimate of drug-likeness (QED) is 0.657. The topological polar surface area (TPSA) is 106 Å². The fourth-order valence-electron chi connectivity index (χ4n) is 4.69. The summed E-state index contributed by atoms with van der Waals surface area (Å²) in [6.45, 7) is 3.04. The van der Waals surface area contributed by atoms with Crippen molar-refractivity contribution in [3.8, 4) is 22.8 Å². The van der Waals surface area contributed by atoms with Crippen LogP contribution in [0.15, 0.2) is 30.5 Å². The highest BCUT2D eigenvalue weighted by molar-refractivity contribution is 5.96. The summed E-state index contributed by atoms with van der Waals surface area (Å²) in [5.41, 5.74) is 3.67. The largest absolute Gasteiger partial charge is 0.454 e. The molecule has 0 bridgehead atoms. The van der Waals surface area contributed by atoms with Crippen LogP contribution < -0.4 is 9.47 Å². The zero-order valence-electron chi connectivity index (χ0n) is 18.1. The molecule has 1 aromatic carbocycles. The molecule has 33 heavy (non-hydrogen) atoms. The van der Waals surface area contributed by atoms with E-state index in [4.69, 9.17) is 9.47 Å². The highest BCUT2D eigenvalue weighted by Crippen LogP contribution is 2.35. The Bertz CT molecular complexity index is 1220. The molecule has 0 spiro atoms. The maximum atomic E-state index is 13.1. The lowest BCUT2D eigenvalue weighted by molar-refractivity contribution is 0.0531. The van der Waals surface area contributed by atoms with Gasteiger partial charge in [0.25, 0.3) is 11.8 Å². The van der Waals surface area contributed by atoms with Gasteiger partial charge in [0, 0.05) is 38.3 Å². The van der Waals surface area contributed by atoms with Gasteiger partial charge in [0.05, 0.1) is 23.1 Å². The molecular weight excluding hydrogens is 424 g/mol. The van der Waals surface area contributed by atoms with Crippen LogP contribution in [-0.2, 0) is 13.0 Å². The van der Waals surface area contributed by atoms with Gasteiger partial charge in [-0.05, 0) is 43.5 Å². The maximum absolute atomic E-state index is 13.1. The molecule has 5 heterocycles. The number of fused-ring (bicyclic) bond motifs is 2. The summed E-state index contributed by atoms with van der Waals surface area (Å²) in [4.78, 5) is 29.7. The average molecular weight is 448 g/mol. The molecule has 10 heteroatoms. The Hall–Kier alpha value is -3.82. The number of amides is 2. The molecule has 0 aliphatic carbocycles. The van der Waals surface area contributed by atoms with E-state index in [0.29, 0.717) is 54.6 Å². The number of benzene rings is 1. The second kappa shape index (κ2) is 7.95. The average Bonchev–Trinajstić information content (AvgIpc) is 3.62. The molecule has 0 atom stereocenters. The van der Waals surface area contributed by atoms with Gasteiger partial charge in [0.1, 0.15) is 5.69 Å². The first-order valence-corrected chi connectivity index (χ1v) is 11.3. The highest BCUT2D eigenvalue weighted by Gasteiger charge is 2.29. The Morgan fingerprint density at radius 1 is 0.909 bits per heavy atom. The van der Waals surface area contributed by atoms with Crippen molar-refractivity contribution < 1.29 is 19.1 Å². The van der Waals surface area contributed by atoms with Crippen molar-refractivity contribution in [3.05, 3.63) is 47.4 Å². The Labute approximate surface area is 190 Å². The van der Waals surface area contributed by atoms with E-state index < -0.39 is 0 Å². The van der Waals surface area contributed by atoms with Gasteiger partial charge in [-0.25, -0.2) is 0 Å². The molecule has 3 aliphatic heterocycles. The summed E-state index contributed by atoms with van der Waals surface area (Å²) in [5.74, 6) is 1.26. The number of H-pyrrole nitrogens is 1. The van der Waals surface area contributed by atoms with Crippen LogP contribution in [0.25, 0.3) is 11.3 Å². The molecule has 2 aromatic heterocycles. The number of carbonyl (C=O) groups excluding carboxylic acids is 2. The molecule has 0 saturated carbocycles. The van der Waals surface area contributed by atoms with Gasteiger partial charge in [0.2, 0.25) is 6.79 Å². The van der Waals surface area contributed by atoms with Crippen molar-refractivity contribution in [2.75, 3.05) is 33.0 Å². The zero-order chi connectivity index (χ0) is 22.4. The Balaban J connectivity index is 1.11. The normalized spacial score (nSPS) is 17.2. The molecular formula is C23H24N6O4. The molecule has 6 rings (SSSR count).